The number of nitrogens with two attached hydrogens (primary N) is 4. The predicted molar refractivity (Wildman–Crippen MR) is 98.5 cm³/mol. The highest BCUT2D eigenvalue weighted by molar-refractivity contribution is 5.26. The second-order valence-electron chi connectivity index (χ2n) is 6.95. The zero-order valence-electron chi connectivity index (χ0n) is 15.5. The molecule has 0 atom stereocenters. The molecule has 1 spiro atoms. The zero-order chi connectivity index (χ0) is 20.4. The Balaban J connectivity index is 1.27. The number of hydrogen-bond donors (Lipinski definition) is 4. The van der Waals surface area contributed by atoms with Crippen molar-refractivity contribution < 1.29 is 18.9 Å². The molecule has 0 unspecified atom stereocenters. The van der Waals surface area contributed by atoms with E-state index in [1.54, 1.807) is 0 Å². The van der Waals surface area contributed by atoms with E-state index in [0.717, 1.165) is 0 Å². The van der Waals surface area contributed by atoms with E-state index < -0.39 is 18.0 Å². The second-order valence-corrected chi connectivity index (χ2v) is 6.95. The quantitative estimate of drug-likeness (QED) is 0.427. The second kappa shape index (κ2) is 7.82. The molecule has 8 N–H and O–H groups in total. The average molecular weight is 406 g/mol. The van der Waals surface area contributed by atoms with Gasteiger partial charge in [0.1, 0.15) is 11.6 Å². The Bertz CT molecular complexity index is 753. The Labute approximate surface area is 165 Å². The van der Waals surface area contributed by atoms with Crippen LogP contribution in [-0.2, 0) is 31.8 Å². The fourth-order valence-corrected chi connectivity index (χ4v) is 3.06. The zero-order valence-corrected chi connectivity index (χ0v) is 15.5. The molecule has 14 heteroatoms. The van der Waals surface area contributed by atoms with E-state index in [-0.39, 0.29) is 23.8 Å². The van der Waals surface area contributed by atoms with Crippen LogP contribution in [0, 0.1) is 5.41 Å². The van der Waals surface area contributed by atoms with E-state index in [1.807, 2.05) is 0 Å². The van der Waals surface area contributed by atoms with Gasteiger partial charge >= 0.3 is 0 Å². The number of anilines is 4. The van der Waals surface area contributed by atoms with Gasteiger partial charge in [-0.15, -0.1) is 0 Å². The first-order valence-corrected chi connectivity index (χ1v) is 8.87. The lowest BCUT2D eigenvalue weighted by molar-refractivity contribution is -0.301. The van der Waals surface area contributed by atoms with Crippen molar-refractivity contribution in [3.05, 3.63) is 11.6 Å². The molecule has 2 fully saturated rings. The molecule has 2 saturated heterocycles. The van der Waals surface area contributed by atoms with Gasteiger partial charge in [0.2, 0.25) is 23.8 Å². The van der Waals surface area contributed by atoms with E-state index >= 15 is 0 Å². The molecule has 4 rings (SSSR count). The van der Waals surface area contributed by atoms with Crippen molar-refractivity contribution in [2.45, 2.75) is 25.4 Å². The lowest BCUT2D eigenvalue weighted by Crippen LogP contribution is -2.52. The van der Waals surface area contributed by atoms with Gasteiger partial charge in [0.15, 0.2) is 12.6 Å². The molecule has 0 aromatic carbocycles. The van der Waals surface area contributed by atoms with E-state index in [4.69, 9.17) is 41.9 Å². The van der Waals surface area contributed by atoms with Crippen molar-refractivity contribution in [3.8, 4) is 0 Å². The summed E-state index contributed by atoms with van der Waals surface area (Å²) in [6.45, 7) is 1.58. The summed E-state index contributed by atoms with van der Waals surface area (Å²) in [6.07, 6.45) is -0.425. The van der Waals surface area contributed by atoms with Crippen LogP contribution in [0.2, 0.25) is 0 Å². The van der Waals surface area contributed by atoms with Crippen molar-refractivity contribution in [2.75, 3.05) is 49.4 Å². The third-order valence-electron chi connectivity index (χ3n) is 4.43. The normalized spacial score (nSPS) is 27.2. The van der Waals surface area contributed by atoms with Crippen LogP contribution in [0.5, 0.6) is 0 Å². The van der Waals surface area contributed by atoms with Gasteiger partial charge < -0.3 is 41.9 Å². The molecule has 2 aromatic heterocycles. The highest BCUT2D eigenvalue weighted by atomic mass is 16.7. The number of nitrogen functional groups attached to an aromatic ring is 4. The van der Waals surface area contributed by atoms with Crippen LogP contribution in [-0.4, -0.2) is 68.9 Å². The molecule has 2 aliphatic heterocycles. The topological polar surface area (TPSA) is 218 Å². The fourth-order valence-electron chi connectivity index (χ4n) is 3.06. The standard InChI is InChI=1S/C15H22N10O4/c16-11-20-7(21-12(17)24-11)1-9-26-3-15(4-27-9)5-28-10(29-6-15)2-8-22-13(18)25-14(19)23-8/h9-10H,1-6H2,(H4,16,17,20,21,24)(H4,18,19,22,23,25). The molecule has 4 heterocycles. The van der Waals surface area contributed by atoms with Gasteiger partial charge in [-0.25, -0.2) is 0 Å². The Hall–Kier alpha value is -2.94. The molecule has 14 nitrogen and oxygen atoms in total. The van der Waals surface area contributed by atoms with Gasteiger partial charge in [0, 0.05) is 0 Å². The molecule has 29 heavy (non-hydrogen) atoms. The van der Waals surface area contributed by atoms with Gasteiger partial charge in [-0.2, -0.15) is 29.9 Å². The third kappa shape index (κ3) is 4.73. The summed E-state index contributed by atoms with van der Waals surface area (Å²) in [5.41, 5.74) is 21.9. The van der Waals surface area contributed by atoms with Crippen LogP contribution < -0.4 is 22.9 Å². The lowest BCUT2D eigenvalue weighted by atomic mass is 9.90. The van der Waals surface area contributed by atoms with Gasteiger partial charge in [0.05, 0.1) is 44.7 Å². The molecular weight excluding hydrogens is 384 g/mol. The number of nitrogens with zero attached hydrogens (tertiary/aromatic N) is 6. The largest absolute Gasteiger partial charge is 0.368 e. The van der Waals surface area contributed by atoms with Gasteiger partial charge in [-0.05, 0) is 0 Å². The van der Waals surface area contributed by atoms with Crippen LogP contribution in [0.1, 0.15) is 11.6 Å². The van der Waals surface area contributed by atoms with Crippen molar-refractivity contribution >= 4 is 23.8 Å². The summed E-state index contributed by atoms with van der Waals surface area (Å²) in [6, 6.07) is 0. The fraction of sp³-hybridized carbons (Fsp3) is 0.600. The van der Waals surface area contributed by atoms with E-state index in [1.165, 1.54) is 0 Å². The summed E-state index contributed by atoms with van der Waals surface area (Å²) >= 11 is 0. The maximum absolute atomic E-state index is 5.81. The summed E-state index contributed by atoms with van der Waals surface area (Å²) in [4.78, 5) is 23.6. The number of rotatable bonds is 4. The maximum atomic E-state index is 5.81. The summed E-state index contributed by atoms with van der Waals surface area (Å²) < 4.78 is 23.2. The van der Waals surface area contributed by atoms with Crippen molar-refractivity contribution in [2.24, 2.45) is 5.41 Å². The molecule has 156 valence electrons. The summed E-state index contributed by atoms with van der Waals surface area (Å²) in [5, 5.41) is 0. The Kier molecular flexibility index (Phi) is 5.23. The minimum absolute atomic E-state index is 0.0570. The van der Waals surface area contributed by atoms with Crippen molar-refractivity contribution in [3.63, 3.8) is 0 Å². The first kappa shape index (κ1) is 19.4. The van der Waals surface area contributed by atoms with E-state index in [9.17, 15) is 0 Å². The van der Waals surface area contributed by atoms with Crippen LogP contribution >= 0.6 is 0 Å². The smallest absolute Gasteiger partial charge is 0.225 e. The predicted octanol–water partition coefficient (Wildman–Crippen LogP) is -2.10. The highest BCUT2D eigenvalue weighted by Gasteiger charge is 2.42. The minimum atomic E-state index is -0.518. The average Bonchev–Trinajstić information content (AvgIpc) is 2.64. The lowest BCUT2D eigenvalue weighted by Gasteiger charge is -2.43. The highest BCUT2D eigenvalue weighted by Crippen LogP contribution is 2.31. The van der Waals surface area contributed by atoms with Crippen LogP contribution in [0.15, 0.2) is 0 Å². The Morgan fingerprint density at radius 2 is 0.897 bits per heavy atom. The molecule has 0 saturated carbocycles. The van der Waals surface area contributed by atoms with Crippen molar-refractivity contribution in [1.82, 2.24) is 29.9 Å². The molecule has 2 aromatic rings. The van der Waals surface area contributed by atoms with Gasteiger partial charge in [0.25, 0.3) is 0 Å². The number of hydrogen-bond acceptors (Lipinski definition) is 14. The molecule has 0 amide bonds. The van der Waals surface area contributed by atoms with Crippen LogP contribution in [0.25, 0.3) is 0 Å². The summed E-state index contributed by atoms with van der Waals surface area (Å²) in [5.74, 6) is 1.04. The monoisotopic (exact) mass is 406 g/mol. The van der Waals surface area contributed by atoms with Gasteiger partial charge in [-0.3, -0.25) is 0 Å². The number of aromatic nitrogens is 6. The SMILES string of the molecule is Nc1nc(N)nc(CC2OCC3(CO2)COC(Cc2nc(N)nc(N)n2)OC3)n1. The van der Waals surface area contributed by atoms with Crippen LogP contribution in [0.4, 0.5) is 23.8 Å². The summed E-state index contributed by atoms with van der Waals surface area (Å²) in [7, 11) is 0. The molecular formula is C15H22N10O4. The minimum Gasteiger partial charge on any atom is -0.368 e. The van der Waals surface area contributed by atoms with Crippen LogP contribution in [0.3, 0.4) is 0 Å². The third-order valence-corrected chi connectivity index (χ3v) is 4.43. The molecule has 2 aliphatic rings. The molecule has 0 bridgehead atoms. The Morgan fingerprint density at radius 1 is 0.586 bits per heavy atom. The number of ether oxygens (including phenoxy) is 4. The Morgan fingerprint density at radius 3 is 1.21 bits per heavy atom. The maximum Gasteiger partial charge on any atom is 0.225 e. The van der Waals surface area contributed by atoms with E-state index in [0.29, 0.717) is 50.9 Å². The molecule has 0 radical (unpaired) electrons. The van der Waals surface area contributed by atoms with Crippen molar-refractivity contribution in [1.29, 1.82) is 0 Å². The molecule has 0 aliphatic carbocycles. The first-order valence-electron chi connectivity index (χ1n) is 8.87. The van der Waals surface area contributed by atoms with Gasteiger partial charge in [-0.1, -0.05) is 0 Å². The van der Waals surface area contributed by atoms with E-state index in [2.05, 4.69) is 29.9 Å². The first-order chi connectivity index (χ1) is 13.9.